The standard InChI is InChI=1S/C19H18INOS/c1-13-21-19(12-23-13)18(11-14-3-7-16(20)8-4-14)15-5-9-17(22-2)10-6-15/h3-10,12,18H,11H2,1-2H3/t18-/m0/s1. The summed E-state index contributed by atoms with van der Waals surface area (Å²) in [6.45, 7) is 2.06. The lowest BCUT2D eigenvalue weighted by atomic mass is 9.90. The van der Waals surface area contributed by atoms with Gasteiger partial charge in [0, 0.05) is 14.9 Å². The summed E-state index contributed by atoms with van der Waals surface area (Å²) < 4.78 is 6.54. The van der Waals surface area contributed by atoms with Crippen LogP contribution in [0.15, 0.2) is 53.9 Å². The number of methoxy groups -OCH3 is 1. The van der Waals surface area contributed by atoms with Crippen LogP contribution in [0.3, 0.4) is 0 Å². The average Bonchev–Trinajstić information content (AvgIpc) is 3.01. The van der Waals surface area contributed by atoms with Crippen LogP contribution in [0.4, 0.5) is 0 Å². The first kappa shape index (κ1) is 16.5. The van der Waals surface area contributed by atoms with Crippen LogP contribution in [0.1, 0.15) is 27.7 Å². The summed E-state index contributed by atoms with van der Waals surface area (Å²) in [6.07, 6.45) is 0.951. The van der Waals surface area contributed by atoms with Crippen LogP contribution in [0.5, 0.6) is 5.75 Å². The lowest BCUT2D eigenvalue weighted by molar-refractivity contribution is 0.414. The maximum Gasteiger partial charge on any atom is 0.118 e. The minimum atomic E-state index is 0.269. The summed E-state index contributed by atoms with van der Waals surface area (Å²) in [4.78, 5) is 4.73. The van der Waals surface area contributed by atoms with Crippen LogP contribution in [0.2, 0.25) is 0 Å². The molecule has 0 unspecified atom stereocenters. The van der Waals surface area contributed by atoms with Crippen molar-refractivity contribution in [2.75, 3.05) is 7.11 Å². The molecule has 1 atom stereocenters. The minimum absolute atomic E-state index is 0.269. The van der Waals surface area contributed by atoms with E-state index < -0.39 is 0 Å². The molecule has 0 radical (unpaired) electrons. The van der Waals surface area contributed by atoms with Crippen molar-refractivity contribution in [3.8, 4) is 5.75 Å². The maximum absolute atomic E-state index is 5.28. The Morgan fingerprint density at radius 2 is 1.78 bits per heavy atom. The molecule has 0 aliphatic rings. The van der Waals surface area contributed by atoms with Gasteiger partial charge in [0.05, 0.1) is 17.8 Å². The lowest BCUT2D eigenvalue weighted by Gasteiger charge is -2.16. The molecule has 0 saturated carbocycles. The summed E-state index contributed by atoms with van der Waals surface area (Å²) in [5.74, 6) is 1.15. The zero-order chi connectivity index (χ0) is 16.2. The van der Waals surface area contributed by atoms with Crippen molar-refractivity contribution in [3.63, 3.8) is 0 Å². The van der Waals surface area contributed by atoms with Crippen molar-refractivity contribution in [2.24, 2.45) is 0 Å². The molecule has 2 aromatic carbocycles. The molecular formula is C19H18INOS. The third kappa shape index (κ3) is 4.12. The number of rotatable bonds is 5. The highest BCUT2D eigenvalue weighted by Crippen LogP contribution is 2.30. The van der Waals surface area contributed by atoms with E-state index in [2.05, 4.69) is 71.3 Å². The van der Waals surface area contributed by atoms with Crippen LogP contribution in [-0.2, 0) is 6.42 Å². The highest BCUT2D eigenvalue weighted by Gasteiger charge is 2.18. The molecule has 2 nitrogen and oxygen atoms in total. The second kappa shape index (κ2) is 7.45. The molecule has 0 bridgehead atoms. The zero-order valence-corrected chi connectivity index (χ0v) is 16.1. The van der Waals surface area contributed by atoms with E-state index in [0.717, 1.165) is 22.9 Å². The Kier molecular flexibility index (Phi) is 5.33. The summed E-state index contributed by atoms with van der Waals surface area (Å²) in [6, 6.07) is 17.1. The third-order valence-corrected chi connectivity index (χ3v) is 5.38. The highest BCUT2D eigenvalue weighted by molar-refractivity contribution is 14.1. The number of thiazole rings is 1. The van der Waals surface area contributed by atoms with Gasteiger partial charge in [-0.3, -0.25) is 0 Å². The van der Waals surface area contributed by atoms with Crippen molar-refractivity contribution in [1.82, 2.24) is 4.98 Å². The van der Waals surface area contributed by atoms with Gasteiger partial charge in [0.15, 0.2) is 0 Å². The number of benzene rings is 2. The lowest BCUT2D eigenvalue weighted by Crippen LogP contribution is -2.06. The smallest absolute Gasteiger partial charge is 0.118 e. The summed E-state index contributed by atoms with van der Waals surface area (Å²) >= 11 is 4.05. The second-order valence-corrected chi connectivity index (χ2v) is 7.76. The highest BCUT2D eigenvalue weighted by atomic mass is 127. The zero-order valence-electron chi connectivity index (χ0n) is 13.1. The van der Waals surface area contributed by atoms with Gasteiger partial charge in [-0.15, -0.1) is 11.3 Å². The molecule has 3 rings (SSSR count). The van der Waals surface area contributed by atoms with Gasteiger partial charge in [-0.2, -0.15) is 0 Å². The van der Waals surface area contributed by atoms with E-state index in [9.17, 15) is 0 Å². The third-order valence-electron chi connectivity index (χ3n) is 3.87. The Labute approximate surface area is 154 Å². The number of nitrogens with zero attached hydrogens (tertiary/aromatic N) is 1. The molecule has 0 saturated heterocycles. The van der Waals surface area contributed by atoms with E-state index in [4.69, 9.17) is 9.72 Å². The van der Waals surface area contributed by atoms with Gasteiger partial charge in [0.2, 0.25) is 0 Å². The van der Waals surface area contributed by atoms with Gasteiger partial charge in [0.25, 0.3) is 0 Å². The van der Waals surface area contributed by atoms with Crippen LogP contribution in [0.25, 0.3) is 0 Å². The Balaban J connectivity index is 1.94. The van der Waals surface area contributed by atoms with Gasteiger partial charge < -0.3 is 4.74 Å². The predicted molar refractivity (Wildman–Crippen MR) is 105 cm³/mol. The molecule has 3 aromatic rings. The molecule has 4 heteroatoms. The average molecular weight is 435 g/mol. The Hall–Kier alpha value is -1.40. The van der Waals surface area contributed by atoms with Crippen molar-refractivity contribution < 1.29 is 4.74 Å². The van der Waals surface area contributed by atoms with Gasteiger partial charge >= 0.3 is 0 Å². The molecule has 1 aromatic heterocycles. The number of ether oxygens (including phenoxy) is 1. The van der Waals surface area contributed by atoms with Gasteiger partial charge in [0.1, 0.15) is 5.75 Å². The fourth-order valence-corrected chi connectivity index (χ4v) is 3.65. The largest absolute Gasteiger partial charge is 0.497 e. The van der Waals surface area contributed by atoms with Crippen LogP contribution >= 0.6 is 33.9 Å². The number of hydrogen-bond acceptors (Lipinski definition) is 3. The number of halogens is 1. The first-order chi connectivity index (χ1) is 11.2. The molecule has 23 heavy (non-hydrogen) atoms. The van der Waals surface area contributed by atoms with Crippen molar-refractivity contribution >= 4 is 33.9 Å². The van der Waals surface area contributed by atoms with E-state index in [1.807, 2.05) is 12.1 Å². The van der Waals surface area contributed by atoms with Crippen LogP contribution in [-0.4, -0.2) is 12.1 Å². The number of aryl methyl sites for hydroxylation is 1. The number of hydrogen-bond donors (Lipinski definition) is 0. The molecular weight excluding hydrogens is 417 g/mol. The molecule has 0 spiro atoms. The topological polar surface area (TPSA) is 22.1 Å². The van der Waals surface area contributed by atoms with E-state index in [-0.39, 0.29) is 5.92 Å². The maximum atomic E-state index is 5.28. The SMILES string of the molecule is COc1ccc([C@H](Cc2ccc(I)cc2)c2csc(C)n2)cc1. The van der Waals surface area contributed by atoms with Gasteiger partial charge in [-0.05, 0) is 71.3 Å². The van der Waals surface area contributed by atoms with Gasteiger partial charge in [-0.1, -0.05) is 24.3 Å². The first-order valence-electron chi connectivity index (χ1n) is 7.46. The molecule has 0 N–H and O–H groups in total. The molecule has 0 aliphatic carbocycles. The van der Waals surface area contributed by atoms with Crippen molar-refractivity contribution in [3.05, 3.63) is 79.3 Å². The fraction of sp³-hybridized carbons (Fsp3) is 0.211. The van der Waals surface area contributed by atoms with E-state index in [0.29, 0.717) is 0 Å². The molecule has 0 fully saturated rings. The molecule has 118 valence electrons. The Morgan fingerprint density at radius 3 is 2.35 bits per heavy atom. The van der Waals surface area contributed by atoms with Crippen molar-refractivity contribution in [1.29, 1.82) is 0 Å². The Morgan fingerprint density at radius 1 is 1.09 bits per heavy atom. The van der Waals surface area contributed by atoms with Gasteiger partial charge in [-0.25, -0.2) is 4.98 Å². The Bertz CT molecular complexity index is 765. The predicted octanol–water partition coefficient (Wildman–Crippen LogP) is 5.44. The fourth-order valence-electron chi connectivity index (χ4n) is 2.63. The minimum Gasteiger partial charge on any atom is -0.497 e. The molecule has 0 amide bonds. The normalized spacial score (nSPS) is 12.1. The summed E-state index contributed by atoms with van der Waals surface area (Å²) in [7, 11) is 1.70. The second-order valence-electron chi connectivity index (χ2n) is 5.45. The van der Waals surface area contributed by atoms with Crippen LogP contribution < -0.4 is 4.74 Å². The quantitative estimate of drug-likeness (QED) is 0.498. The van der Waals surface area contributed by atoms with Crippen LogP contribution in [0, 0.1) is 10.5 Å². The molecule has 0 aliphatic heterocycles. The molecule has 1 heterocycles. The van der Waals surface area contributed by atoms with Crippen molar-refractivity contribution in [2.45, 2.75) is 19.3 Å². The van der Waals surface area contributed by atoms with E-state index >= 15 is 0 Å². The first-order valence-corrected chi connectivity index (χ1v) is 9.42. The summed E-state index contributed by atoms with van der Waals surface area (Å²) in [5.41, 5.74) is 3.75. The summed E-state index contributed by atoms with van der Waals surface area (Å²) in [5, 5.41) is 3.29. The van der Waals surface area contributed by atoms with E-state index in [1.165, 1.54) is 14.7 Å². The van der Waals surface area contributed by atoms with E-state index in [1.54, 1.807) is 18.4 Å². The monoisotopic (exact) mass is 435 g/mol. The number of aromatic nitrogens is 1.